The normalized spacial score (nSPS) is 11.7. The van der Waals surface area contributed by atoms with Crippen LogP contribution in [0.4, 0.5) is 0 Å². The number of rotatable bonds is 1. The van der Waals surface area contributed by atoms with E-state index in [1.54, 1.807) is 0 Å². The van der Waals surface area contributed by atoms with Crippen molar-refractivity contribution in [2.45, 2.75) is 0 Å². The number of nitrogens with one attached hydrogen (secondary N) is 1. The maximum atomic E-state index is 9.52. The summed E-state index contributed by atoms with van der Waals surface area (Å²) in [6.07, 6.45) is 0. The van der Waals surface area contributed by atoms with Gasteiger partial charge in [0.05, 0.1) is 0 Å². The summed E-state index contributed by atoms with van der Waals surface area (Å²) in [5.74, 6) is 0. The predicted octanol–water partition coefficient (Wildman–Crippen LogP) is 0.213. The zero-order valence-electron chi connectivity index (χ0n) is 2.48. The SMILES string of the molecule is O=S(=O)(Cl)NCl. The van der Waals surface area contributed by atoms with Crippen LogP contribution >= 0.6 is 22.5 Å². The van der Waals surface area contributed by atoms with Gasteiger partial charge in [-0.1, -0.05) is 0 Å². The van der Waals surface area contributed by atoms with Crippen molar-refractivity contribution >= 4 is 31.7 Å². The Morgan fingerprint density at radius 3 is 1.67 bits per heavy atom. The fourth-order valence-electron chi connectivity index (χ4n) is 0. The molecule has 0 aliphatic heterocycles. The first-order chi connectivity index (χ1) is 2.56. The fraction of sp³-hybridized carbons (Fsp3) is 0. The molecule has 0 aromatic carbocycles. The lowest BCUT2D eigenvalue weighted by Gasteiger charge is -1.78. The van der Waals surface area contributed by atoms with Gasteiger partial charge >= 0.3 is 9.24 Å². The van der Waals surface area contributed by atoms with Gasteiger partial charge in [0.15, 0.2) is 0 Å². The molecule has 0 spiro atoms. The number of hydrogen-bond acceptors (Lipinski definition) is 2. The molecule has 0 heterocycles. The van der Waals surface area contributed by atoms with E-state index in [-0.39, 0.29) is 0 Å². The molecular formula is HCl2NO2S. The summed E-state index contributed by atoms with van der Waals surface area (Å²) in [6, 6.07) is 0. The second kappa shape index (κ2) is 1.97. The smallest absolute Gasteiger partial charge is 0.194 e. The molecule has 0 aliphatic rings. The van der Waals surface area contributed by atoms with Crippen molar-refractivity contribution in [2.24, 2.45) is 0 Å². The molecule has 0 aromatic heterocycles. The van der Waals surface area contributed by atoms with E-state index in [0.29, 0.717) is 0 Å². The minimum atomic E-state index is -3.67. The van der Waals surface area contributed by atoms with Crippen LogP contribution < -0.4 is 4.24 Å². The number of halogens is 2. The highest BCUT2D eigenvalue weighted by Crippen LogP contribution is 1.87. The second-order valence-corrected chi connectivity index (χ2v) is 3.23. The molecule has 0 unspecified atom stereocenters. The molecule has 0 aliphatic carbocycles. The van der Waals surface area contributed by atoms with Crippen LogP contribution in [0.5, 0.6) is 0 Å². The summed E-state index contributed by atoms with van der Waals surface area (Å²) in [5, 5.41) is 0. The van der Waals surface area contributed by atoms with Gasteiger partial charge in [0.2, 0.25) is 0 Å². The highest BCUT2D eigenvalue weighted by molar-refractivity contribution is 8.12. The first-order valence-corrected chi connectivity index (χ1v) is 3.57. The first kappa shape index (κ1) is 6.49. The van der Waals surface area contributed by atoms with Crippen molar-refractivity contribution < 1.29 is 8.42 Å². The highest BCUT2D eigenvalue weighted by atomic mass is 35.7. The molecule has 6 heteroatoms. The molecule has 0 aromatic rings. The Kier molecular flexibility index (Phi) is 2.13. The van der Waals surface area contributed by atoms with Crippen molar-refractivity contribution in [3.63, 3.8) is 0 Å². The van der Waals surface area contributed by atoms with Gasteiger partial charge in [-0.15, -0.1) is 4.24 Å². The summed E-state index contributed by atoms with van der Waals surface area (Å²) < 4.78 is 20.4. The molecule has 0 amide bonds. The zero-order chi connectivity index (χ0) is 5.21. The minimum Gasteiger partial charge on any atom is -0.194 e. The summed E-state index contributed by atoms with van der Waals surface area (Å²) in [6.45, 7) is 0. The molecule has 38 valence electrons. The molecular weight excluding hydrogens is 149 g/mol. The summed E-state index contributed by atoms with van der Waals surface area (Å²) in [7, 11) is 0.772. The summed E-state index contributed by atoms with van der Waals surface area (Å²) in [5.41, 5.74) is 0. The average Bonchev–Trinajstić information content (AvgIpc) is 1.35. The van der Waals surface area contributed by atoms with Crippen LogP contribution in [0.2, 0.25) is 0 Å². The van der Waals surface area contributed by atoms with Crippen molar-refractivity contribution in [1.82, 2.24) is 4.24 Å². The van der Waals surface area contributed by atoms with Crippen molar-refractivity contribution in [1.29, 1.82) is 0 Å². The Morgan fingerprint density at radius 1 is 1.50 bits per heavy atom. The standard InChI is InChI=1S/Cl2HNO2S/c1-3-6(2,4)5/h3H. The molecule has 0 saturated heterocycles. The van der Waals surface area contributed by atoms with Crippen LogP contribution in [-0.4, -0.2) is 8.42 Å². The van der Waals surface area contributed by atoms with E-state index in [1.807, 2.05) is 0 Å². The Morgan fingerprint density at radius 2 is 1.67 bits per heavy atom. The van der Waals surface area contributed by atoms with Gasteiger partial charge < -0.3 is 0 Å². The predicted molar refractivity (Wildman–Crippen MR) is 23.8 cm³/mol. The fourth-order valence-corrected chi connectivity index (χ4v) is 0. The van der Waals surface area contributed by atoms with E-state index in [9.17, 15) is 8.42 Å². The third-order valence-electron chi connectivity index (χ3n) is 0.0922. The van der Waals surface area contributed by atoms with Crippen molar-refractivity contribution in [3.05, 3.63) is 0 Å². The maximum Gasteiger partial charge on any atom is 0.310 e. The summed E-state index contributed by atoms with van der Waals surface area (Å²) >= 11 is 4.51. The van der Waals surface area contributed by atoms with Gasteiger partial charge in [0.1, 0.15) is 0 Å². The van der Waals surface area contributed by atoms with Gasteiger partial charge in [0.25, 0.3) is 0 Å². The van der Waals surface area contributed by atoms with Gasteiger partial charge in [-0.2, -0.15) is 8.42 Å². The van der Waals surface area contributed by atoms with Gasteiger partial charge in [-0.05, 0) is 11.8 Å². The van der Waals surface area contributed by atoms with Crippen LogP contribution in [0.1, 0.15) is 0 Å². The maximum absolute atomic E-state index is 9.52. The third-order valence-corrected chi connectivity index (χ3v) is 1.35. The van der Waals surface area contributed by atoms with E-state index >= 15 is 0 Å². The monoisotopic (exact) mass is 149 g/mol. The first-order valence-electron chi connectivity index (χ1n) is 0.881. The van der Waals surface area contributed by atoms with Gasteiger partial charge in [0, 0.05) is 10.7 Å². The molecule has 0 atom stereocenters. The lowest BCUT2D eigenvalue weighted by molar-refractivity contribution is 0.608. The summed E-state index contributed by atoms with van der Waals surface area (Å²) in [4.78, 5) is 0. The van der Waals surface area contributed by atoms with E-state index in [1.165, 1.54) is 4.24 Å². The molecule has 6 heavy (non-hydrogen) atoms. The quantitative estimate of drug-likeness (QED) is 0.429. The third kappa shape index (κ3) is 4.49. The van der Waals surface area contributed by atoms with Crippen LogP contribution in [0, 0.1) is 0 Å². The Labute approximate surface area is 44.9 Å². The van der Waals surface area contributed by atoms with Crippen LogP contribution in [0.15, 0.2) is 0 Å². The Hall–Kier alpha value is 0.490. The van der Waals surface area contributed by atoms with E-state index in [2.05, 4.69) is 22.5 Å². The van der Waals surface area contributed by atoms with Crippen molar-refractivity contribution in [2.75, 3.05) is 0 Å². The molecule has 1 N–H and O–H groups in total. The molecule has 0 saturated carbocycles. The van der Waals surface area contributed by atoms with E-state index in [4.69, 9.17) is 0 Å². The van der Waals surface area contributed by atoms with Crippen LogP contribution in [0.3, 0.4) is 0 Å². The molecule has 3 nitrogen and oxygen atoms in total. The van der Waals surface area contributed by atoms with Crippen LogP contribution in [0.25, 0.3) is 0 Å². The molecule has 0 bridgehead atoms. The van der Waals surface area contributed by atoms with Crippen LogP contribution in [-0.2, 0) is 9.24 Å². The van der Waals surface area contributed by atoms with E-state index in [0.717, 1.165) is 0 Å². The second-order valence-electron chi connectivity index (χ2n) is 0.515. The highest BCUT2D eigenvalue weighted by Gasteiger charge is 1.95. The lowest BCUT2D eigenvalue weighted by Crippen LogP contribution is -2.02. The Balaban J connectivity index is 3.85. The molecule has 0 fully saturated rings. The molecule has 0 radical (unpaired) electrons. The topological polar surface area (TPSA) is 46.2 Å². The largest absolute Gasteiger partial charge is 0.310 e. The zero-order valence-corrected chi connectivity index (χ0v) is 4.81. The van der Waals surface area contributed by atoms with E-state index < -0.39 is 9.24 Å². The van der Waals surface area contributed by atoms with Gasteiger partial charge in [-0.25, -0.2) is 0 Å². The number of hydrogen-bond donors (Lipinski definition) is 1. The van der Waals surface area contributed by atoms with Gasteiger partial charge in [-0.3, -0.25) is 0 Å². The molecule has 0 rings (SSSR count). The Bertz CT molecular complexity index is 114. The minimum absolute atomic E-state index is 1.31. The average molecular weight is 150 g/mol. The lowest BCUT2D eigenvalue weighted by atomic mass is 13.9. The van der Waals surface area contributed by atoms with Crippen molar-refractivity contribution in [3.8, 4) is 0 Å².